The van der Waals surface area contributed by atoms with Gasteiger partial charge in [-0.05, 0) is 74.7 Å². The van der Waals surface area contributed by atoms with Crippen molar-refractivity contribution in [1.29, 1.82) is 0 Å². The number of ether oxygens (including phenoxy) is 1. The molecule has 0 aromatic carbocycles. The topological polar surface area (TPSA) is 154 Å². The van der Waals surface area contributed by atoms with Crippen molar-refractivity contribution in [3.8, 4) is 0 Å². The molecule has 2 amide bonds. The Bertz CT molecular complexity index is 922. The summed E-state index contributed by atoms with van der Waals surface area (Å²) >= 11 is 0. The molecule has 6 N–H and O–H groups in total. The van der Waals surface area contributed by atoms with E-state index in [1.165, 1.54) is 0 Å². The molecule has 1 aliphatic heterocycles. The summed E-state index contributed by atoms with van der Waals surface area (Å²) in [6.07, 6.45) is 8.02. The Morgan fingerprint density at radius 2 is 1.94 bits per heavy atom. The smallest absolute Gasteiger partial charge is 0.332 e. The van der Waals surface area contributed by atoms with Gasteiger partial charge >= 0.3 is 12.0 Å². The van der Waals surface area contributed by atoms with E-state index in [0.717, 1.165) is 24.8 Å². The standard InChI is InChI=1S/C24H35N3O6/c1-21-6-3-17-18(24(21,32)9-5-16(21)14-10-19(29)33-12-14)4-8-23(31)11-15(28)2-7-22(17,23)13-26-27-20(25)30/h10,13,15-18,28,31-32H,2-9,11-12H2,1H3,(H3,25,27,30)/b26-13-/t15-,16-,17+,18-,21-,22+,23+,24+/m1/s1. The summed E-state index contributed by atoms with van der Waals surface area (Å²) in [5.41, 5.74) is 5.21. The fourth-order valence-corrected chi connectivity index (χ4v) is 8.57. The van der Waals surface area contributed by atoms with E-state index in [9.17, 15) is 24.9 Å². The Balaban J connectivity index is 1.52. The van der Waals surface area contributed by atoms with Crippen molar-refractivity contribution in [1.82, 2.24) is 5.43 Å². The maximum Gasteiger partial charge on any atom is 0.332 e. The summed E-state index contributed by atoms with van der Waals surface area (Å²) in [5, 5.41) is 38.6. The van der Waals surface area contributed by atoms with Gasteiger partial charge in [-0.2, -0.15) is 5.10 Å². The number of hydrazone groups is 1. The highest BCUT2D eigenvalue weighted by molar-refractivity contribution is 5.85. The summed E-state index contributed by atoms with van der Waals surface area (Å²) in [4.78, 5) is 23.0. The highest BCUT2D eigenvalue weighted by Crippen LogP contribution is 2.70. The molecule has 4 aliphatic carbocycles. The van der Waals surface area contributed by atoms with Gasteiger partial charge in [0.25, 0.3) is 0 Å². The average Bonchev–Trinajstić information content (AvgIpc) is 3.28. The van der Waals surface area contributed by atoms with E-state index >= 15 is 0 Å². The highest BCUT2D eigenvalue weighted by Gasteiger charge is 2.71. The summed E-state index contributed by atoms with van der Waals surface area (Å²) < 4.78 is 5.18. The molecule has 182 valence electrons. The SMILES string of the molecule is C[C@]12CC[C@H]3[C@@H](CC[C@]4(O)C[C@H](O)CC[C@]34/C=N\NC(N)=O)[C@@]1(O)CC[C@@H]2C1=CC(=O)OC1. The molecule has 33 heavy (non-hydrogen) atoms. The molecule has 4 fully saturated rings. The van der Waals surface area contributed by atoms with Gasteiger partial charge < -0.3 is 25.8 Å². The fraction of sp³-hybridized carbons (Fsp3) is 0.792. The van der Waals surface area contributed by atoms with Gasteiger partial charge in [0, 0.05) is 29.5 Å². The van der Waals surface area contributed by atoms with Gasteiger partial charge in [-0.3, -0.25) is 0 Å². The van der Waals surface area contributed by atoms with E-state index in [-0.39, 0.29) is 35.6 Å². The summed E-state index contributed by atoms with van der Waals surface area (Å²) in [5.74, 6) is -0.326. The maximum atomic E-state index is 12.3. The number of amides is 2. The van der Waals surface area contributed by atoms with E-state index in [0.29, 0.717) is 38.7 Å². The van der Waals surface area contributed by atoms with Crippen LogP contribution in [0.1, 0.15) is 64.7 Å². The van der Waals surface area contributed by atoms with E-state index in [1.54, 1.807) is 12.3 Å². The minimum atomic E-state index is -1.16. The van der Waals surface area contributed by atoms with E-state index in [1.807, 2.05) is 0 Å². The average molecular weight is 462 g/mol. The Morgan fingerprint density at radius 3 is 2.64 bits per heavy atom. The first-order valence-electron chi connectivity index (χ1n) is 12.1. The van der Waals surface area contributed by atoms with Crippen molar-refractivity contribution in [3.63, 3.8) is 0 Å². The lowest BCUT2D eigenvalue weighted by molar-refractivity contribution is -0.237. The molecule has 8 atom stereocenters. The number of nitrogens with two attached hydrogens (primary N) is 1. The lowest BCUT2D eigenvalue weighted by atomic mass is 9.41. The number of cyclic esters (lactones) is 1. The highest BCUT2D eigenvalue weighted by atomic mass is 16.5. The number of rotatable bonds is 3. The van der Waals surface area contributed by atoms with Gasteiger partial charge in [-0.25, -0.2) is 15.0 Å². The number of primary amides is 1. The van der Waals surface area contributed by atoms with Gasteiger partial charge in [0.05, 0.1) is 17.3 Å². The molecule has 0 aromatic rings. The molecular formula is C24H35N3O6. The molecule has 0 unspecified atom stereocenters. The number of nitrogens with zero attached hydrogens (tertiary/aromatic N) is 1. The predicted octanol–water partition coefficient (Wildman–Crippen LogP) is 1.35. The number of hydrogen-bond donors (Lipinski definition) is 5. The van der Waals surface area contributed by atoms with Gasteiger partial charge in [-0.1, -0.05) is 6.92 Å². The van der Waals surface area contributed by atoms with Crippen LogP contribution in [0.5, 0.6) is 0 Å². The molecule has 5 aliphatic rings. The Hall–Kier alpha value is -1.97. The quantitative estimate of drug-likeness (QED) is 0.243. The monoisotopic (exact) mass is 461 g/mol. The molecule has 9 nitrogen and oxygen atoms in total. The van der Waals surface area contributed by atoms with Gasteiger partial charge in [0.2, 0.25) is 0 Å². The second-order valence-corrected chi connectivity index (χ2v) is 11.3. The van der Waals surface area contributed by atoms with E-state index in [4.69, 9.17) is 10.5 Å². The van der Waals surface area contributed by atoms with Crippen LogP contribution in [0.15, 0.2) is 16.8 Å². The maximum absolute atomic E-state index is 12.3. The number of carbonyl (C=O) groups excluding carboxylic acids is 2. The molecule has 0 aromatic heterocycles. The molecular weight excluding hydrogens is 426 g/mol. The van der Waals surface area contributed by atoms with Crippen LogP contribution in [-0.2, 0) is 9.53 Å². The van der Waals surface area contributed by atoms with Crippen molar-refractivity contribution < 1.29 is 29.6 Å². The molecule has 0 radical (unpaired) electrons. The molecule has 4 saturated carbocycles. The van der Waals surface area contributed by atoms with Gasteiger partial charge in [0.1, 0.15) is 6.61 Å². The lowest BCUT2D eigenvalue weighted by Crippen LogP contribution is -2.68. The van der Waals surface area contributed by atoms with Crippen molar-refractivity contribution >= 4 is 18.2 Å². The first-order chi connectivity index (χ1) is 15.5. The zero-order valence-corrected chi connectivity index (χ0v) is 19.1. The van der Waals surface area contributed by atoms with Crippen LogP contribution in [0.4, 0.5) is 4.79 Å². The normalized spacial score (nSPS) is 49.1. The second-order valence-electron chi connectivity index (χ2n) is 11.3. The lowest BCUT2D eigenvalue weighted by Gasteiger charge is -2.65. The number of aliphatic hydroxyl groups excluding tert-OH is 1. The van der Waals surface area contributed by atoms with Crippen LogP contribution in [0.3, 0.4) is 0 Å². The Morgan fingerprint density at radius 1 is 1.18 bits per heavy atom. The number of carbonyl (C=O) groups is 2. The van der Waals surface area contributed by atoms with Crippen LogP contribution in [0.25, 0.3) is 0 Å². The number of aliphatic hydroxyl groups is 3. The minimum Gasteiger partial charge on any atom is -0.458 e. The summed E-state index contributed by atoms with van der Waals surface area (Å²) in [7, 11) is 0. The third-order valence-electron chi connectivity index (χ3n) is 10.1. The van der Waals surface area contributed by atoms with Crippen LogP contribution >= 0.6 is 0 Å². The third-order valence-corrected chi connectivity index (χ3v) is 10.1. The number of nitrogens with one attached hydrogen (secondary N) is 1. The van der Waals surface area contributed by atoms with Crippen molar-refractivity contribution in [2.24, 2.45) is 39.4 Å². The largest absolute Gasteiger partial charge is 0.458 e. The van der Waals surface area contributed by atoms with E-state index < -0.39 is 28.8 Å². The molecule has 0 spiro atoms. The van der Waals surface area contributed by atoms with Crippen molar-refractivity contribution in [2.45, 2.75) is 82.0 Å². The molecule has 0 bridgehead atoms. The Kier molecular flexibility index (Phi) is 5.19. The number of esters is 1. The fourth-order valence-electron chi connectivity index (χ4n) is 8.57. The molecule has 0 saturated heterocycles. The first kappa shape index (κ1) is 22.8. The number of hydrogen-bond acceptors (Lipinski definition) is 7. The molecule has 5 rings (SSSR count). The van der Waals surface area contributed by atoms with E-state index in [2.05, 4.69) is 17.5 Å². The third kappa shape index (κ3) is 3.12. The van der Waals surface area contributed by atoms with Crippen LogP contribution in [0, 0.1) is 28.6 Å². The van der Waals surface area contributed by atoms with Crippen molar-refractivity contribution in [2.75, 3.05) is 6.61 Å². The summed E-state index contributed by atoms with van der Waals surface area (Å²) in [6, 6.07) is -0.774. The molecule has 1 heterocycles. The van der Waals surface area contributed by atoms with Gasteiger partial charge in [-0.15, -0.1) is 0 Å². The second kappa shape index (κ2) is 7.52. The number of urea groups is 1. The van der Waals surface area contributed by atoms with Crippen LogP contribution in [-0.4, -0.2) is 57.4 Å². The predicted molar refractivity (Wildman–Crippen MR) is 119 cm³/mol. The van der Waals surface area contributed by atoms with Crippen LogP contribution in [0.2, 0.25) is 0 Å². The Labute approximate surface area is 193 Å². The molecule has 9 heteroatoms. The minimum absolute atomic E-state index is 0.0468. The number of fused-ring (bicyclic) bond motifs is 5. The van der Waals surface area contributed by atoms with Gasteiger partial charge in [0.15, 0.2) is 0 Å². The first-order valence-corrected chi connectivity index (χ1v) is 12.1. The zero-order chi connectivity index (χ0) is 23.6. The zero-order valence-electron chi connectivity index (χ0n) is 19.1. The summed E-state index contributed by atoms with van der Waals surface area (Å²) in [6.45, 7) is 2.45. The van der Waals surface area contributed by atoms with Crippen molar-refractivity contribution in [3.05, 3.63) is 11.6 Å². The van der Waals surface area contributed by atoms with Crippen LogP contribution < -0.4 is 11.2 Å².